The van der Waals surface area contributed by atoms with Crippen LogP contribution in [0.5, 0.6) is 0 Å². The van der Waals surface area contributed by atoms with Gasteiger partial charge in [-0.2, -0.15) is 0 Å². The van der Waals surface area contributed by atoms with Crippen LogP contribution in [-0.4, -0.2) is 37.2 Å². The summed E-state index contributed by atoms with van der Waals surface area (Å²) in [6.07, 6.45) is 8.78. The maximum Gasteiger partial charge on any atom is 0.0598 e. The van der Waals surface area contributed by atoms with Gasteiger partial charge in [-0.25, -0.2) is 0 Å². The topological polar surface area (TPSA) is 41.3 Å². The minimum atomic E-state index is 0.607. The number of unbranched alkanes of at least 4 members (excludes halogenated alkanes) is 4. The summed E-state index contributed by atoms with van der Waals surface area (Å²) in [6, 6.07) is 0. The van der Waals surface area contributed by atoms with Crippen LogP contribution in [0.4, 0.5) is 0 Å². The van der Waals surface area contributed by atoms with Gasteiger partial charge < -0.3 is 11.1 Å². The lowest BCUT2D eigenvalue weighted by atomic mass is 10.1. The quantitative estimate of drug-likeness (QED) is 0.601. The van der Waals surface area contributed by atoms with Gasteiger partial charge in [0.05, 0.1) is 6.17 Å². The lowest BCUT2D eigenvalue weighted by Crippen LogP contribution is -2.38. The van der Waals surface area contributed by atoms with Gasteiger partial charge >= 0.3 is 0 Å². The zero-order valence-corrected chi connectivity index (χ0v) is 10.2. The first-order valence-corrected chi connectivity index (χ1v) is 6.56. The summed E-state index contributed by atoms with van der Waals surface area (Å²) < 4.78 is 0. The second-order valence-electron chi connectivity index (χ2n) is 4.50. The zero-order chi connectivity index (χ0) is 10.9. The van der Waals surface area contributed by atoms with Crippen LogP contribution in [0.15, 0.2) is 0 Å². The standard InChI is InChI=1S/C12H27N3/c1-2-3-4-5-6-7-12-14-9-11-15(12)10-8-13/h12,14H,2-11,13H2,1H3. The van der Waals surface area contributed by atoms with Crippen LogP contribution in [0.1, 0.15) is 45.4 Å². The van der Waals surface area contributed by atoms with Crippen LogP contribution in [0.2, 0.25) is 0 Å². The van der Waals surface area contributed by atoms with Crippen LogP contribution in [-0.2, 0) is 0 Å². The summed E-state index contributed by atoms with van der Waals surface area (Å²) in [5.41, 5.74) is 5.60. The first-order valence-electron chi connectivity index (χ1n) is 6.56. The van der Waals surface area contributed by atoms with Gasteiger partial charge in [0, 0.05) is 26.2 Å². The number of nitrogens with zero attached hydrogens (tertiary/aromatic N) is 1. The third kappa shape index (κ3) is 4.96. The predicted molar refractivity (Wildman–Crippen MR) is 65.8 cm³/mol. The summed E-state index contributed by atoms with van der Waals surface area (Å²) in [6.45, 7) is 6.42. The van der Waals surface area contributed by atoms with Crippen molar-refractivity contribution in [3.8, 4) is 0 Å². The number of rotatable bonds is 8. The van der Waals surface area contributed by atoms with Crippen molar-refractivity contribution in [2.24, 2.45) is 5.73 Å². The molecule has 1 aliphatic rings. The molecule has 15 heavy (non-hydrogen) atoms. The average molecular weight is 213 g/mol. The Morgan fingerprint density at radius 1 is 1.27 bits per heavy atom. The van der Waals surface area contributed by atoms with E-state index in [2.05, 4.69) is 17.1 Å². The van der Waals surface area contributed by atoms with Crippen LogP contribution in [0, 0.1) is 0 Å². The predicted octanol–water partition coefficient (Wildman–Crippen LogP) is 1.54. The molecule has 0 aromatic heterocycles. The summed E-state index contributed by atoms with van der Waals surface area (Å²) in [5.74, 6) is 0. The van der Waals surface area contributed by atoms with E-state index in [1.54, 1.807) is 0 Å². The molecule has 3 nitrogen and oxygen atoms in total. The Balaban J connectivity index is 2.03. The molecule has 0 aromatic rings. The first-order chi connectivity index (χ1) is 7.38. The minimum Gasteiger partial charge on any atom is -0.329 e. The van der Waals surface area contributed by atoms with Gasteiger partial charge in [0.2, 0.25) is 0 Å². The molecule has 0 aliphatic carbocycles. The lowest BCUT2D eigenvalue weighted by molar-refractivity contribution is 0.231. The Kier molecular flexibility index (Phi) is 6.98. The molecule has 0 amide bonds. The Hall–Kier alpha value is -0.120. The fourth-order valence-corrected chi connectivity index (χ4v) is 2.32. The maximum absolute atomic E-state index is 5.60. The van der Waals surface area contributed by atoms with Crippen LogP contribution in [0.25, 0.3) is 0 Å². The largest absolute Gasteiger partial charge is 0.329 e. The van der Waals surface area contributed by atoms with Gasteiger partial charge in [0.25, 0.3) is 0 Å². The van der Waals surface area contributed by atoms with E-state index in [1.807, 2.05) is 0 Å². The Morgan fingerprint density at radius 3 is 2.80 bits per heavy atom. The zero-order valence-electron chi connectivity index (χ0n) is 10.2. The maximum atomic E-state index is 5.60. The molecule has 90 valence electrons. The molecule has 0 spiro atoms. The SMILES string of the molecule is CCCCCCCC1NCCN1CCN. The van der Waals surface area contributed by atoms with Crippen molar-refractivity contribution in [3.63, 3.8) is 0 Å². The van der Waals surface area contributed by atoms with Crippen molar-refractivity contribution in [1.29, 1.82) is 0 Å². The molecule has 1 heterocycles. The van der Waals surface area contributed by atoms with E-state index >= 15 is 0 Å². The Morgan fingerprint density at radius 2 is 2.07 bits per heavy atom. The molecule has 1 aliphatic heterocycles. The number of nitrogens with two attached hydrogens (primary N) is 1. The molecular weight excluding hydrogens is 186 g/mol. The Bertz CT molecular complexity index is 150. The molecule has 1 rings (SSSR count). The summed E-state index contributed by atoms with van der Waals surface area (Å²) in [5, 5.41) is 3.55. The highest BCUT2D eigenvalue weighted by molar-refractivity contribution is 4.77. The van der Waals surface area contributed by atoms with Crippen LogP contribution in [0.3, 0.4) is 0 Å². The van der Waals surface area contributed by atoms with Crippen molar-refractivity contribution in [3.05, 3.63) is 0 Å². The van der Waals surface area contributed by atoms with Gasteiger partial charge in [-0.05, 0) is 6.42 Å². The number of hydrogen-bond donors (Lipinski definition) is 2. The van der Waals surface area contributed by atoms with E-state index in [4.69, 9.17) is 5.73 Å². The smallest absolute Gasteiger partial charge is 0.0598 e. The summed E-state index contributed by atoms with van der Waals surface area (Å²) in [7, 11) is 0. The lowest BCUT2D eigenvalue weighted by Gasteiger charge is -2.23. The molecule has 0 radical (unpaired) electrons. The van der Waals surface area contributed by atoms with Gasteiger partial charge in [-0.1, -0.05) is 39.0 Å². The second kappa shape index (κ2) is 8.08. The molecule has 1 saturated heterocycles. The molecule has 0 bridgehead atoms. The van der Waals surface area contributed by atoms with Crippen molar-refractivity contribution in [2.75, 3.05) is 26.2 Å². The second-order valence-corrected chi connectivity index (χ2v) is 4.50. The monoisotopic (exact) mass is 213 g/mol. The van der Waals surface area contributed by atoms with Gasteiger partial charge in [-0.3, -0.25) is 4.90 Å². The molecule has 1 fully saturated rings. The van der Waals surface area contributed by atoms with E-state index in [1.165, 1.54) is 45.1 Å². The highest BCUT2D eigenvalue weighted by Gasteiger charge is 2.21. The van der Waals surface area contributed by atoms with Crippen molar-refractivity contribution in [2.45, 2.75) is 51.6 Å². The highest BCUT2D eigenvalue weighted by atomic mass is 15.3. The van der Waals surface area contributed by atoms with Gasteiger partial charge in [0.1, 0.15) is 0 Å². The molecule has 1 unspecified atom stereocenters. The molecule has 1 atom stereocenters. The van der Waals surface area contributed by atoms with E-state index in [-0.39, 0.29) is 0 Å². The van der Waals surface area contributed by atoms with Crippen molar-refractivity contribution in [1.82, 2.24) is 10.2 Å². The first kappa shape index (κ1) is 12.9. The summed E-state index contributed by atoms with van der Waals surface area (Å²) in [4.78, 5) is 2.49. The number of nitrogens with one attached hydrogen (secondary N) is 1. The van der Waals surface area contributed by atoms with Crippen molar-refractivity contribution >= 4 is 0 Å². The molecule has 3 heteroatoms. The average Bonchev–Trinajstić information content (AvgIpc) is 2.66. The minimum absolute atomic E-state index is 0.607. The Labute approximate surface area is 94.4 Å². The normalized spacial score (nSPS) is 22.4. The van der Waals surface area contributed by atoms with Gasteiger partial charge in [-0.15, -0.1) is 0 Å². The molecule has 3 N–H and O–H groups in total. The van der Waals surface area contributed by atoms with E-state index in [0.717, 1.165) is 19.6 Å². The third-order valence-corrected chi connectivity index (χ3v) is 3.22. The number of hydrogen-bond acceptors (Lipinski definition) is 3. The third-order valence-electron chi connectivity index (χ3n) is 3.22. The van der Waals surface area contributed by atoms with E-state index < -0.39 is 0 Å². The van der Waals surface area contributed by atoms with E-state index in [9.17, 15) is 0 Å². The fraction of sp³-hybridized carbons (Fsp3) is 1.00. The van der Waals surface area contributed by atoms with E-state index in [0.29, 0.717) is 6.17 Å². The van der Waals surface area contributed by atoms with Crippen molar-refractivity contribution < 1.29 is 0 Å². The summed E-state index contributed by atoms with van der Waals surface area (Å²) >= 11 is 0. The molecular formula is C12H27N3. The molecule has 0 saturated carbocycles. The fourth-order valence-electron chi connectivity index (χ4n) is 2.32. The van der Waals surface area contributed by atoms with Crippen LogP contribution >= 0.6 is 0 Å². The highest BCUT2D eigenvalue weighted by Crippen LogP contribution is 2.12. The molecule has 0 aromatic carbocycles. The van der Waals surface area contributed by atoms with Crippen LogP contribution < -0.4 is 11.1 Å². The van der Waals surface area contributed by atoms with Gasteiger partial charge in [0.15, 0.2) is 0 Å².